The molecule has 1 aliphatic carbocycles. The average molecular weight is 265 g/mol. The Hall–Kier alpha value is -0.930. The zero-order valence-corrected chi connectivity index (χ0v) is 12.1. The number of ether oxygens (including phenoxy) is 1. The summed E-state index contributed by atoms with van der Waals surface area (Å²) < 4.78 is 19.1. The fourth-order valence-electron chi connectivity index (χ4n) is 2.87. The maximum Gasteiger partial charge on any atom is 0.126 e. The number of hydrogen-bond acceptors (Lipinski definition) is 2. The van der Waals surface area contributed by atoms with Crippen molar-refractivity contribution in [2.45, 2.75) is 51.2 Å². The Morgan fingerprint density at radius 3 is 2.63 bits per heavy atom. The second-order valence-electron chi connectivity index (χ2n) is 5.56. The van der Waals surface area contributed by atoms with E-state index >= 15 is 0 Å². The number of benzene rings is 1. The van der Waals surface area contributed by atoms with Crippen LogP contribution < -0.4 is 5.32 Å². The van der Waals surface area contributed by atoms with Crippen LogP contribution in [-0.2, 0) is 4.74 Å². The molecule has 0 radical (unpaired) electrons. The van der Waals surface area contributed by atoms with E-state index < -0.39 is 0 Å². The van der Waals surface area contributed by atoms with Gasteiger partial charge in [-0.2, -0.15) is 0 Å². The van der Waals surface area contributed by atoms with E-state index in [1.807, 2.05) is 19.1 Å². The Kier molecular flexibility index (Phi) is 4.58. The van der Waals surface area contributed by atoms with Gasteiger partial charge in [0.2, 0.25) is 0 Å². The number of methoxy groups -OCH3 is 1. The van der Waals surface area contributed by atoms with Crippen LogP contribution >= 0.6 is 0 Å². The molecular weight excluding hydrogens is 241 g/mol. The van der Waals surface area contributed by atoms with Gasteiger partial charge in [0.15, 0.2) is 0 Å². The van der Waals surface area contributed by atoms with E-state index in [9.17, 15) is 4.39 Å². The van der Waals surface area contributed by atoms with Crippen molar-refractivity contribution < 1.29 is 9.13 Å². The Morgan fingerprint density at radius 2 is 2.16 bits per heavy atom. The number of rotatable bonds is 6. The molecule has 0 heterocycles. The van der Waals surface area contributed by atoms with E-state index in [1.54, 1.807) is 13.2 Å². The van der Waals surface area contributed by atoms with Crippen LogP contribution in [0, 0.1) is 12.7 Å². The molecule has 0 aromatic heterocycles. The highest BCUT2D eigenvalue weighted by molar-refractivity contribution is 5.27. The van der Waals surface area contributed by atoms with Gasteiger partial charge < -0.3 is 10.1 Å². The van der Waals surface area contributed by atoms with Crippen molar-refractivity contribution in [1.82, 2.24) is 5.32 Å². The molecule has 2 nitrogen and oxygen atoms in total. The second kappa shape index (κ2) is 6.02. The Labute approximate surface area is 115 Å². The predicted molar refractivity (Wildman–Crippen MR) is 75.8 cm³/mol. The van der Waals surface area contributed by atoms with Crippen LogP contribution in [-0.4, -0.2) is 19.3 Å². The molecule has 1 N–H and O–H groups in total. The van der Waals surface area contributed by atoms with E-state index in [4.69, 9.17) is 4.74 Å². The highest BCUT2D eigenvalue weighted by Crippen LogP contribution is 2.41. The van der Waals surface area contributed by atoms with Gasteiger partial charge in [0.05, 0.1) is 5.60 Å². The summed E-state index contributed by atoms with van der Waals surface area (Å²) in [4.78, 5) is 0. The molecule has 1 aliphatic rings. The van der Waals surface area contributed by atoms with E-state index in [-0.39, 0.29) is 17.5 Å². The van der Waals surface area contributed by atoms with Gasteiger partial charge in [-0.05, 0) is 56.3 Å². The van der Waals surface area contributed by atoms with Gasteiger partial charge in [-0.1, -0.05) is 19.1 Å². The average Bonchev–Trinajstić information content (AvgIpc) is 2.36. The minimum absolute atomic E-state index is 0.0229. The largest absolute Gasteiger partial charge is 0.378 e. The fourth-order valence-corrected chi connectivity index (χ4v) is 2.87. The van der Waals surface area contributed by atoms with E-state index in [0.717, 1.165) is 31.4 Å². The van der Waals surface area contributed by atoms with Crippen LogP contribution in [0.15, 0.2) is 18.2 Å². The molecule has 1 fully saturated rings. The summed E-state index contributed by atoms with van der Waals surface area (Å²) in [7, 11) is 1.80. The third-order valence-corrected chi connectivity index (χ3v) is 4.31. The topological polar surface area (TPSA) is 21.3 Å². The number of aryl methyl sites for hydroxylation is 1. The molecule has 0 bridgehead atoms. The molecule has 1 saturated carbocycles. The van der Waals surface area contributed by atoms with Gasteiger partial charge in [0.1, 0.15) is 5.82 Å². The summed E-state index contributed by atoms with van der Waals surface area (Å²) >= 11 is 0. The molecule has 3 heteroatoms. The lowest BCUT2D eigenvalue weighted by molar-refractivity contribution is -0.0837. The van der Waals surface area contributed by atoms with Gasteiger partial charge >= 0.3 is 0 Å². The lowest BCUT2D eigenvalue weighted by Gasteiger charge is -2.43. The van der Waals surface area contributed by atoms with Crippen LogP contribution in [0.5, 0.6) is 0 Å². The Bertz CT molecular complexity index is 423. The molecule has 2 rings (SSSR count). The summed E-state index contributed by atoms with van der Waals surface area (Å²) in [6.45, 7) is 4.82. The molecule has 0 saturated heterocycles. The summed E-state index contributed by atoms with van der Waals surface area (Å²) in [5.41, 5.74) is 1.89. The van der Waals surface area contributed by atoms with Crippen LogP contribution in [0.2, 0.25) is 0 Å². The van der Waals surface area contributed by atoms with Crippen molar-refractivity contribution in [1.29, 1.82) is 0 Å². The Balaban J connectivity index is 2.16. The van der Waals surface area contributed by atoms with Gasteiger partial charge in [0.25, 0.3) is 0 Å². The second-order valence-corrected chi connectivity index (χ2v) is 5.56. The zero-order chi connectivity index (χ0) is 13.9. The summed E-state index contributed by atoms with van der Waals surface area (Å²) in [6.07, 6.45) is 4.47. The highest BCUT2D eigenvalue weighted by Gasteiger charge is 2.39. The lowest BCUT2D eigenvalue weighted by Crippen LogP contribution is -2.42. The Morgan fingerprint density at radius 1 is 1.42 bits per heavy atom. The van der Waals surface area contributed by atoms with E-state index in [1.165, 1.54) is 6.42 Å². The molecule has 1 aromatic rings. The zero-order valence-electron chi connectivity index (χ0n) is 12.1. The maximum atomic E-state index is 13.4. The molecular formula is C16H24FNO. The molecule has 1 unspecified atom stereocenters. The third-order valence-electron chi connectivity index (χ3n) is 4.31. The normalized spacial score (nSPS) is 18.9. The van der Waals surface area contributed by atoms with Crippen molar-refractivity contribution in [2.24, 2.45) is 0 Å². The van der Waals surface area contributed by atoms with Crippen LogP contribution in [0.3, 0.4) is 0 Å². The molecule has 19 heavy (non-hydrogen) atoms. The van der Waals surface area contributed by atoms with Crippen molar-refractivity contribution in [3.8, 4) is 0 Å². The smallest absolute Gasteiger partial charge is 0.126 e. The molecule has 1 atom stereocenters. The van der Waals surface area contributed by atoms with Crippen molar-refractivity contribution in [3.05, 3.63) is 35.1 Å². The van der Waals surface area contributed by atoms with Crippen molar-refractivity contribution in [3.63, 3.8) is 0 Å². The third kappa shape index (κ3) is 3.15. The van der Waals surface area contributed by atoms with Gasteiger partial charge in [-0.15, -0.1) is 0 Å². The first-order valence-electron chi connectivity index (χ1n) is 7.15. The minimum Gasteiger partial charge on any atom is -0.378 e. The quantitative estimate of drug-likeness (QED) is 0.846. The predicted octanol–water partition coefficient (Wildman–Crippen LogP) is 3.74. The molecule has 0 aliphatic heterocycles. The number of halogens is 1. The van der Waals surface area contributed by atoms with Crippen LogP contribution in [0.4, 0.5) is 4.39 Å². The van der Waals surface area contributed by atoms with Crippen LogP contribution in [0.1, 0.15) is 49.8 Å². The summed E-state index contributed by atoms with van der Waals surface area (Å²) in [6, 6.07) is 5.64. The van der Waals surface area contributed by atoms with Crippen LogP contribution in [0.25, 0.3) is 0 Å². The molecule has 1 aromatic carbocycles. The number of hydrogen-bond donors (Lipinski definition) is 1. The molecule has 0 spiro atoms. The monoisotopic (exact) mass is 265 g/mol. The SMILES string of the molecule is CCNC(CC1(OC)CCC1)c1ccc(F)c(C)c1. The van der Waals surface area contributed by atoms with Gasteiger partial charge in [-0.25, -0.2) is 4.39 Å². The maximum absolute atomic E-state index is 13.4. The number of nitrogens with one attached hydrogen (secondary N) is 1. The van der Waals surface area contributed by atoms with Gasteiger partial charge in [0, 0.05) is 13.2 Å². The molecule has 106 valence electrons. The first-order chi connectivity index (χ1) is 9.10. The van der Waals surface area contributed by atoms with E-state index in [2.05, 4.69) is 12.2 Å². The minimum atomic E-state index is -0.135. The summed E-state index contributed by atoms with van der Waals surface area (Å²) in [5, 5.41) is 3.50. The van der Waals surface area contributed by atoms with Crippen molar-refractivity contribution >= 4 is 0 Å². The first-order valence-corrected chi connectivity index (χ1v) is 7.15. The first kappa shape index (κ1) is 14.5. The highest BCUT2D eigenvalue weighted by atomic mass is 19.1. The standard InChI is InChI=1S/C16H24FNO/c1-4-18-15(11-16(19-3)8-5-9-16)13-6-7-14(17)12(2)10-13/h6-7,10,15,18H,4-5,8-9,11H2,1-3H3. The fraction of sp³-hybridized carbons (Fsp3) is 0.625. The van der Waals surface area contributed by atoms with E-state index in [0.29, 0.717) is 5.56 Å². The summed E-state index contributed by atoms with van der Waals surface area (Å²) in [5.74, 6) is -0.135. The van der Waals surface area contributed by atoms with Crippen molar-refractivity contribution in [2.75, 3.05) is 13.7 Å². The van der Waals surface area contributed by atoms with Gasteiger partial charge in [-0.3, -0.25) is 0 Å². The lowest BCUT2D eigenvalue weighted by atomic mass is 9.74. The molecule has 0 amide bonds.